The van der Waals surface area contributed by atoms with E-state index in [-0.39, 0.29) is 17.3 Å². The average molecular weight is 403 g/mol. The molecule has 0 aliphatic carbocycles. The third kappa shape index (κ3) is 4.51. The van der Waals surface area contributed by atoms with Gasteiger partial charge in [-0.2, -0.15) is 0 Å². The van der Waals surface area contributed by atoms with Crippen LogP contribution in [0.3, 0.4) is 0 Å². The van der Waals surface area contributed by atoms with E-state index in [1.807, 2.05) is 12.1 Å². The molecule has 5 heteroatoms. The fourth-order valence-electron chi connectivity index (χ4n) is 5.60. The number of hydrogen-bond donors (Lipinski definition) is 0. The molecule has 4 nitrogen and oxygen atoms in total. The lowest BCUT2D eigenvalue weighted by Gasteiger charge is -2.42. The molecule has 0 radical (unpaired) electrons. The Bertz CT molecular complexity index is 691. The van der Waals surface area contributed by atoms with Gasteiger partial charge in [-0.1, -0.05) is 26.0 Å². The van der Waals surface area contributed by atoms with Crippen molar-refractivity contribution in [2.75, 3.05) is 32.8 Å². The molecule has 29 heavy (non-hydrogen) atoms. The van der Waals surface area contributed by atoms with Crippen LogP contribution in [0.5, 0.6) is 0 Å². The molecule has 1 unspecified atom stereocenters. The maximum Gasteiger partial charge on any atom is 0.229 e. The van der Waals surface area contributed by atoms with E-state index in [4.69, 9.17) is 4.74 Å². The minimum Gasteiger partial charge on any atom is -0.381 e. The molecule has 3 aliphatic rings. The van der Waals surface area contributed by atoms with Crippen molar-refractivity contribution in [1.29, 1.82) is 0 Å². The first-order chi connectivity index (χ1) is 14.0. The smallest absolute Gasteiger partial charge is 0.229 e. The zero-order valence-electron chi connectivity index (χ0n) is 17.9. The van der Waals surface area contributed by atoms with Crippen molar-refractivity contribution in [2.24, 2.45) is 11.3 Å². The summed E-state index contributed by atoms with van der Waals surface area (Å²) in [6.45, 7) is 8.96. The Morgan fingerprint density at radius 3 is 2.41 bits per heavy atom. The second kappa shape index (κ2) is 8.73. The first-order valence-electron chi connectivity index (χ1n) is 11.3. The van der Waals surface area contributed by atoms with Gasteiger partial charge in [-0.15, -0.1) is 0 Å². The summed E-state index contributed by atoms with van der Waals surface area (Å²) in [6, 6.07) is 7.64. The molecule has 0 aromatic heterocycles. The number of carbonyl (C=O) groups is 1. The molecule has 1 amide bonds. The van der Waals surface area contributed by atoms with E-state index >= 15 is 0 Å². The Balaban J connectivity index is 1.46. The molecular formula is C24H35FN2O2. The summed E-state index contributed by atoms with van der Waals surface area (Å²) in [5.41, 5.74) is 0.927. The first kappa shape index (κ1) is 20.8. The van der Waals surface area contributed by atoms with Crippen molar-refractivity contribution < 1.29 is 13.9 Å². The molecule has 1 spiro atoms. The van der Waals surface area contributed by atoms with Gasteiger partial charge < -0.3 is 14.5 Å². The van der Waals surface area contributed by atoms with E-state index in [1.54, 1.807) is 0 Å². The number of nitrogens with zero attached hydrogens (tertiary/aromatic N) is 2. The van der Waals surface area contributed by atoms with E-state index in [2.05, 4.69) is 23.6 Å². The number of halogens is 1. The third-order valence-electron chi connectivity index (χ3n) is 7.19. The fraction of sp³-hybridized carbons (Fsp3) is 0.708. The molecule has 3 saturated heterocycles. The minimum absolute atomic E-state index is 0.193. The van der Waals surface area contributed by atoms with Crippen LogP contribution in [0.2, 0.25) is 0 Å². The topological polar surface area (TPSA) is 32.8 Å². The van der Waals surface area contributed by atoms with Crippen molar-refractivity contribution >= 4 is 5.91 Å². The number of ether oxygens (including phenoxy) is 1. The van der Waals surface area contributed by atoms with Gasteiger partial charge in [0.2, 0.25) is 5.91 Å². The Hall–Kier alpha value is -1.46. The van der Waals surface area contributed by atoms with Gasteiger partial charge in [0.15, 0.2) is 0 Å². The second-order valence-corrected chi connectivity index (χ2v) is 9.70. The molecule has 0 saturated carbocycles. The van der Waals surface area contributed by atoms with Crippen molar-refractivity contribution in [3.63, 3.8) is 0 Å². The molecule has 1 aromatic carbocycles. The third-order valence-corrected chi connectivity index (χ3v) is 7.19. The van der Waals surface area contributed by atoms with Crippen LogP contribution >= 0.6 is 0 Å². The largest absolute Gasteiger partial charge is 0.381 e. The normalized spacial score (nSPS) is 26.0. The SMILES string of the molecule is CC(C)CN1C(=O)C2(CCN(C3CCOCC3)CC2)CC1Cc1ccc(F)cc1. The number of carbonyl (C=O) groups excluding carboxylic acids is 1. The monoisotopic (exact) mass is 402 g/mol. The van der Waals surface area contributed by atoms with Crippen molar-refractivity contribution in [3.8, 4) is 0 Å². The Morgan fingerprint density at radius 2 is 1.79 bits per heavy atom. The number of piperidine rings is 1. The summed E-state index contributed by atoms with van der Waals surface area (Å²) in [7, 11) is 0. The predicted molar refractivity (Wildman–Crippen MR) is 112 cm³/mol. The molecule has 160 valence electrons. The summed E-state index contributed by atoms with van der Waals surface area (Å²) in [4.78, 5) is 18.3. The fourth-order valence-corrected chi connectivity index (χ4v) is 5.60. The van der Waals surface area contributed by atoms with Gasteiger partial charge in [0.1, 0.15) is 5.82 Å². The van der Waals surface area contributed by atoms with Crippen LogP contribution in [0.1, 0.15) is 51.5 Å². The van der Waals surface area contributed by atoms with E-state index in [9.17, 15) is 9.18 Å². The van der Waals surface area contributed by atoms with E-state index in [0.717, 1.165) is 76.9 Å². The molecule has 4 rings (SSSR count). The lowest BCUT2D eigenvalue weighted by molar-refractivity contribution is -0.140. The van der Waals surface area contributed by atoms with Gasteiger partial charge in [-0.25, -0.2) is 4.39 Å². The summed E-state index contributed by atoms with van der Waals surface area (Å²) in [6.07, 6.45) is 5.94. The molecule has 1 aromatic rings. The summed E-state index contributed by atoms with van der Waals surface area (Å²) >= 11 is 0. The van der Waals surface area contributed by atoms with Gasteiger partial charge >= 0.3 is 0 Å². The van der Waals surface area contributed by atoms with Crippen LogP contribution in [-0.4, -0.2) is 60.6 Å². The zero-order valence-corrected chi connectivity index (χ0v) is 17.9. The molecule has 1 atom stereocenters. The number of rotatable bonds is 5. The predicted octanol–water partition coefficient (Wildman–Crippen LogP) is 3.89. The van der Waals surface area contributed by atoms with Gasteiger partial charge in [0, 0.05) is 31.8 Å². The summed E-state index contributed by atoms with van der Waals surface area (Å²) < 4.78 is 18.8. The van der Waals surface area contributed by atoms with Gasteiger partial charge in [0.25, 0.3) is 0 Å². The van der Waals surface area contributed by atoms with Crippen LogP contribution in [0.15, 0.2) is 24.3 Å². The first-order valence-corrected chi connectivity index (χ1v) is 11.3. The quantitative estimate of drug-likeness (QED) is 0.749. The van der Waals surface area contributed by atoms with E-state index < -0.39 is 0 Å². The molecule has 3 heterocycles. The Labute approximate surface area is 174 Å². The van der Waals surface area contributed by atoms with Crippen LogP contribution < -0.4 is 0 Å². The number of benzene rings is 1. The Kier molecular flexibility index (Phi) is 6.26. The molecule has 0 N–H and O–H groups in total. The van der Waals surface area contributed by atoms with Crippen LogP contribution in [0.4, 0.5) is 4.39 Å². The molecule has 0 bridgehead atoms. The average Bonchev–Trinajstić information content (AvgIpc) is 2.96. The van der Waals surface area contributed by atoms with Crippen molar-refractivity contribution in [3.05, 3.63) is 35.6 Å². The number of likely N-dealkylation sites (tertiary alicyclic amines) is 2. The van der Waals surface area contributed by atoms with Crippen LogP contribution in [0, 0.1) is 17.2 Å². The van der Waals surface area contributed by atoms with Gasteiger partial charge in [0.05, 0.1) is 5.41 Å². The maximum absolute atomic E-state index is 13.6. The lowest BCUT2D eigenvalue weighted by atomic mass is 9.75. The second-order valence-electron chi connectivity index (χ2n) is 9.70. The highest BCUT2D eigenvalue weighted by atomic mass is 19.1. The van der Waals surface area contributed by atoms with Crippen LogP contribution in [-0.2, 0) is 16.0 Å². The molecule has 3 aliphatic heterocycles. The van der Waals surface area contributed by atoms with E-state index in [1.165, 1.54) is 12.1 Å². The molecular weight excluding hydrogens is 367 g/mol. The van der Waals surface area contributed by atoms with Gasteiger partial charge in [-0.3, -0.25) is 4.79 Å². The highest BCUT2D eigenvalue weighted by molar-refractivity contribution is 5.85. The minimum atomic E-state index is -0.202. The van der Waals surface area contributed by atoms with Crippen LogP contribution in [0.25, 0.3) is 0 Å². The number of hydrogen-bond acceptors (Lipinski definition) is 3. The highest BCUT2D eigenvalue weighted by Crippen LogP contribution is 2.46. The van der Waals surface area contributed by atoms with Crippen molar-refractivity contribution in [2.45, 2.75) is 64.5 Å². The Morgan fingerprint density at radius 1 is 1.14 bits per heavy atom. The summed E-state index contributed by atoms with van der Waals surface area (Å²) in [5, 5.41) is 0. The van der Waals surface area contributed by atoms with Crippen molar-refractivity contribution in [1.82, 2.24) is 9.80 Å². The van der Waals surface area contributed by atoms with Gasteiger partial charge in [-0.05, 0) is 75.2 Å². The maximum atomic E-state index is 13.6. The zero-order chi connectivity index (χ0) is 20.4. The number of amides is 1. The standard InChI is InChI=1S/C24H35FN2O2/c1-18(2)17-27-22(15-19-3-5-20(25)6-4-19)16-24(23(27)28)9-11-26(12-10-24)21-7-13-29-14-8-21/h3-6,18,21-22H,7-17H2,1-2H3. The lowest BCUT2D eigenvalue weighted by Crippen LogP contribution is -2.49. The van der Waals surface area contributed by atoms with E-state index in [0.29, 0.717) is 17.9 Å². The molecule has 3 fully saturated rings. The highest BCUT2D eigenvalue weighted by Gasteiger charge is 2.52. The summed E-state index contributed by atoms with van der Waals surface area (Å²) in [5.74, 6) is 0.615.